The Balaban J connectivity index is 1.61. The summed E-state index contributed by atoms with van der Waals surface area (Å²) >= 11 is 0. The number of rotatable bonds is 6. The molecule has 6 rings (SSSR count). The predicted molar refractivity (Wildman–Crippen MR) is 159 cm³/mol. The van der Waals surface area contributed by atoms with E-state index in [4.69, 9.17) is 4.74 Å². The van der Waals surface area contributed by atoms with Gasteiger partial charge in [0.05, 0.1) is 22.4 Å². The Morgan fingerprint density at radius 2 is 1.27 bits per heavy atom. The minimum Gasteiger partial charge on any atom is -0.497 e. The van der Waals surface area contributed by atoms with Crippen molar-refractivity contribution in [1.29, 1.82) is 0 Å². The first-order chi connectivity index (χ1) is 19.6. The fourth-order valence-electron chi connectivity index (χ4n) is 5.56. The number of benzene rings is 4. The van der Waals surface area contributed by atoms with Crippen molar-refractivity contribution in [3.05, 3.63) is 125 Å². The van der Waals surface area contributed by atoms with Crippen LogP contribution in [0.2, 0.25) is 0 Å². The minimum absolute atomic E-state index is 0.0507. The predicted octanol–water partition coefficient (Wildman–Crippen LogP) is 5.84. The summed E-state index contributed by atoms with van der Waals surface area (Å²) in [5.74, 6) is 0.0965. The Kier molecular flexibility index (Phi) is 6.76. The van der Waals surface area contributed by atoms with Crippen molar-refractivity contribution in [1.82, 2.24) is 8.28 Å². The van der Waals surface area contributed by atoms with Crippen LogP contribution in [0.1, 0.15) is 33.9 Å². The van der Waals surface area contributed by atoms with Crippen LogP contribution in [0.4, 0.5) is 0 Å². The number of para-hydroxylation sites is 1. The van der Waals surface area contributed by atoms with Gasteiger partial charge in [-0.1, -0.05) is 65.7 Å². The maximum Gasteiger partial charge on any atom is 0.268 e. The molecule has 1 unspecified atom stereocenters. The average Bonchev–Trinajstić information content (AvgIpc) is 3.32. The lowest BCUT2D eigenvalue weighted by atomic mass is 9.90. The topological polar surface area (TPSA) is 85.7 Å². The molecule has 1 aliphatic heterocycles. The Hall–Kier alpha value is -3.92. The molecule has 0 fully saturated rings. The normalized spacial score (nSPS) is 16.0. The first kappa shape index (κ1) is 27.3. The first-order valence-electron chi connectivity index (χ1n) is 13.3. The van der Waals surface area contributed by atoms with E-state index in [-0.39, 0.29) is 22.9 Å². The summed E-state index contributed by atoms with van der Waals surface area (Å²) in [7, 11) is -6.32. The summed E-state index contributed by atoms with van der Waals surface area (Å²) in [4.78, 5) is 0.380. The summed E-state index contributed by atoms with van der Waals surface area (Å²) in [6, 6.07) is 28.2. The van der Waals surface area contributed by atoms with Crippen molar-refractivity contribution in [2.75, 3.05) is 13.7 Å². The third-order valence-corrected chi connectivity index (χ3v) is 11.3. The lowest BCUT2D eigenvalue weighted by Gasteiger charge is -2.34. The summed E-state index contributed by atoms with van der Waals surface area (Å²) in [6.07, 6.45) is 0. The van der Waals surface area contributed by atoms with Gasteiger partial charge in [-0.15, -0.1) is 0 Å². The van der Waals surface area contributed by atoms with Crippen molar-refractivity contribution >= 4 is 30.9 Å². The second kappa shape index (κ2) is 10.2. The molecule has 0 radical (unpaired) electrons. The zero-order chi connectivity index (χ0) is 28.9. The van der Waals surface area contributed by atoms with E-state index in [0.717, 1.165) is 16.7 Å². The van der Waals surface area contributed by atoms with E-state index in [1.54, 1.807) is 67.8 Å². The summed E-state index contributed by atoms with van der Waals surface area (Å²) in [5, 5.41) is 0.709. The van der Waals surface area contributed by atoms with Crippen LogP contribution in [0.3, 0.4) is 0 Å². The third kappa shape index (κ3) is 4.64. The second-order valence-corrected chi connectivity index (χ2v) is 14.1. The quantitative estimate of drug-likeness (QED) is 0.250. The van der Waals surface area contributed by atoms with Crippen molar-refractivity contribution in [3.8, 4) is 5.75 Å². The van der Waals surface area contributed by atoms with Gasteiger partial charge in [-0.25, -0.2) is 20.8 Å². The number of fused-ring (bicyclic) bond motifs is 3. The van der Waals surface area contributed by atoms with Crippen LogP contribution < -0.4 is 4.74 Å². The van der Waals surface area contributed by atoms with E-state index < -0.39 is 26.0 Å². The highest BCUT2D eigenvalue weighted by Crippen LogP contribution is 2.43. The van der Waals surface area contributed by atoms with Crippen LogP contribution in [0.5, 0.6) is 5.75 Å². The lowest BCUT2D eigenvalue weighted by molar-refractivity contribution is 0.369. The van der Waals surface area contributed by atoms with Gasteiger partial charge in [0, 0.05) is 30.1 Å². The average molecular weight is 587 g/mol. The number of sulfonamides is 1. The second-order valence-electron chi connectivity index (χ2n) is 10.4. The van der Waals surface area contributed by atoms with Gasteiger partial charge in [0.1, 0.15) is 5.75 Å². The molecule has 1 aromatic heterocycles. The van der Waals surface area contributed by atoms with Crippen LogP contribution in [0.15, 0.2) is 107 Å². The molecule has 1 aliphatic rings. The molecular formula is C32H30N2O5S2. The Morgan fingerprint density at radius 1 is 0.707 bits per heavy atom. The largest absolute Gasteiger partial charge is 0.497 e. The smallest absolute Gasteiger partial charge is 0.268 e. The molecule has 41 heavy (non-hydrogen) atoms. The summed E-state index contributed by atoms with van der Waals surface area (Å²) in [5.41, 5.74) is 4.48. The Labute approximate surface area is 240 Å². The molecule has 2 heterocycles. The van der Waals surface area contributed by atoms with Crippen LogP contribution in [-0.2, 0) is 26.6 Å². The van der Waals surface area contributed by atoms with Crippen molar-refractivity contribution < 1.29 is 21.6 Å². The fourth-order valence-corrected chi connectivity index (χ4v) is 8.59. The van der Waals surface area contributed by atoms with E-state index in [9.17, 15) is 16.8 Å². The van der Waals surface area contributed by atoms with Gasteiger partial charge in [-0.3, -0.25) is 0 Å². The molecule has 0 spiro atoms. The third-order valence-electron chi connectivity index (χ3n) is 7.76. The highest BCUT2D eigenvalue weighted by atomic mass is 32.2. The molecule has 9 heteroatoms. The minimum atomic E-state index is -4.02. The molecule has 0 bridgehead atoms. The van der Waals surface area contributed by atoms with E-state index in [2.05, 4.69) is 0 Å². The summed E-state index contributed by atoms with van der Waals surface area (Å²) < 4.78 is 64.8. The number of aryl methyl sites for hydroxylation is 2. The SMILES string of the molecule is COc1ccc(C2CN(S(=O)(=O)c3ccc(C)cc3)Cc3c2n(S(=O)(=O)c2ccc(C)cc2)c2ccccc32)cc1. The highest BCUT2D eigenvalue weighted by Gasteiger charge is 2.40. The lowest BCUT2D eigenvalue weighted by Crippen LogP contribution is -2.39. The molecule has 0 N–H and O–H groups in total. The van der Waals surface area contributed by atoms with Gasteiger partial charge in [-0.2, -0.15) is 4.31 Å². The molecule has 210 valence electrons. The van der Waals surface area contributed by atoms with Crippen molar-refractivity contribution in [2.45, 2.75) is 36.1 Å². The van der Waals surface area contributed by atoms with Gasteiger partial charge in [-0.05, 0) is 67.4 Å². The summed E-state index contributed by atoms with van der Waals surface area (Å²) in [6.45, 7) is 3.95. The number of ether oxygens (including phenoxy) is 1. The monoisotopic (exact) mass is 586 g/mol. The molecule has 1 atom stereocenters. The van der Waals surface area contributed by atoms with Gasteiger partial charge >= 0.3 is 0 Å². The Bertz CT molecular complexity index is 1960. The molecular weight excluding hydrogens is 556 g/mol. The molecule has 7 nitrogen and oxygen atoms in total. The van der Waals surface area contributed by atoms with Gasteiger partial charge in [0.25, 0.3) is 10.0 Å². The standard InChI is InChI=1S/C32H30N2O5S2/c1-22-8-16-26(17-9-22)40(35,36)33-20-29(24-12-14-25(39-3)15-13-24)32-30(21-33)28-6-4-5-7-31(28)34(32)41(37,38)27-18-10-23(2)11-19-27/h4-19,29H,20-21H2,1-3H3. The molecule has 5 aromatic rings. The van der Waals surface area contributed by atoms with E-state index in [0.29, 0.717) is 27.9 Å². The highest BCUT2D eigenvalue weighted by molar-refractivity contribution is 7.90. The molecule has 0 saturated heterocycles. The molecule has 0 aliphatic carbocycles. The van der Waals surface area contributed by atoms with E-state index in [1.165, 1.54) is 8.28 Å². The maximum absolute atomic E-state index is 14.3. The molecule has 0 saturated carbocycles. The number of methoxy groups -OCH3 is 1. The van der Waals surface area contributed by atoms with Crippen LogP contribution in [0, 0.1) is 13.8 Å². The zero-order valence-electron chi connectivity index (χ0n) is 23.0. The van der Waals surface area contributed by atoms with Crippen molar-refractivity contribution in [2.24, 2.45) is 0 Å². The maximum atomic E-state index is 14.3. The van der Waals surface area contributed by atoms with Gasteiger partial charge in [0.15, 0.2) is 0 Å². The fraction of sp³-hybridized carbons (Fsp3) is 0.188. The Morgan fingerprint density at radius 3 is 1.85 bits per heavy atom. The number of hydrogen-bond acceptors (Lipinski definition) is 5. The zero-order valence-corrected chi connectivity index (χ0v) is 24.6. The molecule has 0 amide bonds. The van der Waals surface area contributed by atoms with Crippen LogP contribution in [0.25, 0.3) is 10.9 Å². The van der Waals surface area contributed by atoms with Crippen molar-refractivity contribution in [3.63, 3.8) is 0 Å². The first-order valence-corrected chi connectivity index (χ1v) is 16.1. The molecule has 4 aromatic carbocycles. The van der Waals surface area contributed by atoms with Gasteiger partial charge < -0.3 is 4.74 Å². The number of hydrogen-bond donors (Lipinski definition) is 0. The van der Waals surface area contributed by atoms with Crippen LogP contribution >= 0.6 is 0 Å². The van der Waals surface area contributed by atoms with Crippen LogP contribution in [-0.4, -0.2) is 38.8 Å². The van der Waals surface area contributed by atoms with E-state index >= 15 is 0 Å². The van der Waals surface area contributed by atoms with Gasteiger partial charge in [0.2, 0.25) is 10.0 Å². The van der Waals surface area contributed by atoms with E-state index in [1.807, 2.05) is 50.2 Å². The number of aromatic nitrogens is 1. The number of nitrogens with zero attached hydrogens (tertiary/aromatic N) is 2.